The molecule has 1 aliphatic carbocycles. The van der Waals surface area contributed by atoms with Gasteiger partial charge >= 0.3 is 0 Å². The first-order chi connectivity index (χ1) is 17.6. The monoisotopic (exact) mass is 503 g/mol. The lowest BCUT2D eigenvalue weighted by molar-refractivity contribution is -0.959. The summed E-state index contributed by atoms with van der Waals surface area (Å²) < 4.78 is 7.11. The second-order valence-electron chi connectivity index (χ2n) is 11.5. The topological polar surface area (TPSA) is 46.3 Å². The minimum atomic E-state index is -1.08. The Balaban J connectivity index is 1.20. The van der Waals surface area contributed by atoms with E-state index in [9.17, 15) is 5.11 Å². The van der Waals surface area contributed by atoms with Crippen molar-refractivity contribution in [3.63, 3.8) is 0 Å². The van der Waals surface area contributed by atoms with Crippen molar-refractivity contribution in [1.82, 2.24) is 5.16 Å². The van der Waals surface area contributed by atoms with Gasteiger partial charge in [0, 0.05) is 35.5 Å². The van der Waals surface area contributed by atoms with E-state index in [-0.39, 0.29) is 5.92 Å². The van der Waals surface area contributed by atoms with Crippen molar-refractivity contribution in [1.29, 1.82) is 0 Å². The van der Waals surface area contributed by atoms with E-state index in [4.69, 9.17) is 4.52 Å². The summed E-state index contributed by atoms with van der Waals surface area (Å²) >= 11 is 2.01. The molecule has 3 aromatic rings. The zero-order chi connectivity index (χ0) is 24.4. The molecule has 3 aliphatic heterocycles. The number of aromatic nitrogens is 1. The predicted molar refractivity (Wildman–Crippen MR) is 144 cm³/mol. The van der Waals surface area contributed by atoms with Crippen LogP contribution >= 0.6 is 11.8 Å². The number of piperidine rings is 3. The number of aliphatic hydroxyl groups is 1. The number of thioether (sulfide) groups is 1. The van der Waals surface area contributed by atoms with Gasteiger partial charge in [-0.2, -0.15) is 0 Å². The molecule has 0 amide bonds. The molecule has 1 N–H and O–H groups in total. The molecule has 1 saturated carbocycles. The second-order valence-corrected chi connectivity index (χ2v) is 12.6. The Morgan fingerprint density at radius 3 is 2.33 bits per heavy atom. The number of quaternary nitrogens is 1. The average Bonchev–Trinajstić information content (AvgIpc) is 3.42. The van der Waals surface area contributed by atoms with Gasteiger partial charge in [-0.25, -0.2) is 0 Å². The Labute approximate surface area is 219 Å². The number of rotatable bonds is 8. The summed E-state index contributed by atoms with van der Waals surface area (Å²) in [5.74, 6) is 3.93. The summed E-state index contributed by atoms with van der Waals surface area (Å²) in [7, 11) is 0. The number of nitrogens with zero attached hydrogens (tertiary/aromatic N) is 2. The summed E-state index contributed by atoms with van der Waals surface area (Å²) in [5.41, 5.74) is 0.574. The highest BCUT2D eigenvalue weighted by molar-refractivity contribution is 7.99. The molecular formula is C31H39N2O2S+. The van der Waals surface area contributed by atoms with Crippen molar-refractivity contribution in [3.8, 4) is 0 Å². The third kappa shape index (κ3) is 4.78. The van der Waals surface area contributed by atoms with Crippen molar-refractivity contribution in [2.75, 3.05) is 25.4 Å². The smallest absolute Gasteiger partial charge is 0.191 e. The molecule has 1 aromatic heterocycles. The fourth-order valence-electron chi connectivity index (χ4n) is 7.27. The zero-order valence-corrected chi connectivity index (χ0v) is 22.0. The largest absolute Gasteiger partial charge is 0.378 e. The molecule has 4 aliphatic rings. The minimum absolute atomic E-state index is 0.184. The highest BCUT2D eigenvalue weighted by Gasteiger charge is 2.47. The lowest BCUT2D eigenvalue weighted by atomic mass is 9.71. The van der Waals surface area contributed by atoms with Gasteiger partial charge in [0.05, 0.1) is 19.6 Å². The Bertz CT molecular complexity index is 1120. The Morgan fingerprint density at radius 1 is 0.917 bits per heavy atom. The average molecular weight is 504 g/mol. The summed E-state index contributed by atoms with van der Waals surface area (Å²) in [6, 6.07) is 23.1. The van der Waals surface area contributed by atoms with Crippen molar-refractivity contribution in [2.45, 2.75) is 62.0 Å². The van der Waals surface area contributed by atoms with Crippen LogP contribution in [0.3, 0.4) is 0 Å². The molecule has 0 spiro atoms. The number of fused-ring (bicyclic) bond motifs is 3. The zero-order valence-electron chi connectivity index (χ0n) is 21.2. The third-order valence-electron chi connectivity index (χ3n) is 9.29. The van der Waals surface area contributed by atoms with Gasteiger partial charge in [-0.15, -0.1) is 11.8 Å². The van der Waals surface area contributed by atoms with Crippen LogP contribution in [0.1, 0.15) is 62.0 Å². The van der Waals surface area contributed by atoms with E-state index in [1.165, 1.54) is 62.4 Å². The maximum Gasteiger partial charge on any atom is 0.191 e. The maximum atomic E-state index is 12.2. The molecule has 2 atom stereocenters. The van der Waals surface area contributed by atoms with Gasteiger partial charge in [0.15, 0.2) is 5.76 Å². The van der Waals surface area contributed by atoms with Gasteiger partial charge in [0.1, 0.15) is 17.8 Å². The molecule has 5 heteroatoms. The molecular weight excluding hydrogens is 464 g/mol. The standard InChI is InChI=1S/C31H39N2O2S/c34-31(26-10-4-1-5-11-26,27-12-6-2-7-13-27)30-20-28(35-32-30)22-33-18-16-24(17-19-33)25(21-33)23-36-29-14-8-3-9-15-29/h1,3-5,8-11,14-15,20,24-25,27,34H,2,6-7,12-13,16-19,21-23H2/q+1. The Kier molecular flexibility index (Phi) is 6.98. The molecule has 3 saturated heterocycles. The predicted octanol–water partition coefficient (Wildman–Crippen LogP) is 6.64. The van der Waals surface area contributed by atoms with E-state index in [1.807, 2.05) is 30.0 Å². The van der Waals surface area contributed by atoms with Crippen molar-refractivity contribution in [2.24, 2.45) is 17.8 Å². The van der Waals surface area contributed by atoms with Crippen LogP contribution in [-0.2, 0) is 12.1 Å². The Hall–Kier alpha value is -2.08. The van der Waals surface area contributed by atoms with Crippen LogP contribution in [0.15, 0.2) is 76.1 Å². The van der Waals surface area contributed by atoms with E-state index in [0.29, 0.717) is 5.69 Å². The fourth-order valence-corrected chi connectivity index (χ4v) is 8.40. The molecule has 36 heavy (non-hydrogen) atoms. The van der Waals surface area contributed by atoms with Crippen LogP contribution in [0.5, 0.6) is 0 Å². The highest BCUT2D eigenvalue weighted by Crippen LogP contribution is 2.45. The molecule has 2 unspecified atom stereocenters. The molecule has 7 rings (SSSR count). The molecule has 190 valence electrons. The van der Waals surface area contributed by atoms with E-state index in [1.54, 1.807) is 0 Å². The molecule has 2 bridgehead atoms. The molecule has 4 heterocycles. The summed E-state index contributed by atoms with van der Waals surface area (Å²) in [6.07, 6.45) is 8.32. The number of hydrogen-bond donors (Lipinski definition) is 1. The third-order valence-corrected chi connectivity index (χ3v) is 10.5. The lowest BCUT2D eigenvalue weighted by Gasteiger charge is -2.52. The quantitative estimate of drug-likeness (QED) is 0.276. The van der Waals surface area contributed by atoms with Crippen LogP contribution in [0.4, 0.5) is 0 Å². The summed E-state index contributed by atoms with van der Waals surface area (Å²) in [4.78, 5) is 1.38. The van der Waals surface area contributed by atoms with Gasteiger partial charge < -0.3 is 14.1 Å². The van der Waals surface area contributed by atoms with Crippen molar-refractivity contribution >= 4 is 11.8 Å². The van der Waals surface area contributed by atoms with Gasteiger partial charge in [0.2, 0.25) is 0 Å². The van der Waals surface area contributed by atoms with Gasteiger partial charge in [-0.1, -0.05) is 73.0 Å². The molecule has 4 nitrogen and oxygen atoms in total. The SMILES string of the molecule is OC(c1ccccc1)(c1cc(C[N+]23CCC(CC2)C(CSc2ccccc2)C3)on1)C1CCCCC1. The van der Waals surface area contributed by atoms with Gasteiger partial charge in [-0.3, -0.25) is 0 Å². The first-order valence-electron chi connectivity index (χ1n) is 13.9. The van der Waals surface area contributed by atoms with Crippen molar-refractivity contribution < 1.29 is 14.1 Å². The number of hydrogen-bond acceptors (Lipinski definition) is 4. The van der Waals surface area contributed by atoms with Crippen LogP contribution < -0.4 is 0 Å². The summed E-state index contributed by atoms with van der Waals surface area (Å²) in [6.45, 7) is 4.59. The second kappa shape index (κ2) is 10.4. The van der Waals surface area contributed by atoms with E-state index >= 15 is 0 Å². The van der Waals surface area contributed by atoms with E-state index in [2.05, 4.69) is 53.7 Å². The highest BCUT2D eigenvalue weighted by atomic mass is 32.2. The molecule has 0 radical (unpaired) electrons. The fraction of sp³-hybridized carbons (Fsp3) is 0.516. The molecule has 2 aromatic carbocycles. The van der Waals surface area contributed by atoms with Gasteiger partial charge in [0.25, 0.3) is 0 Å². The minimum Gasteiger partial charge on any atom is -0.378 e. The van der Waals surface area contributed by atoms with Gasteiger partial charge in [-0.05, 0) is 42.4 Å². The maximum absolute atomic E-state index is 12.2. The lowest BCUT2D eigenvalue weighted by Crippen LogP contribution is -2.61. The first-order valence-corrected chi connectivity index (χ1v) is 14.9. The Morgan fingerprint density at radius 2 is 1.61 bits per heavy atom. The first kappa shape index (κ1) is 24.3. The summed E-state index contributed by atoms with van der Waals surface area (Å²) in [5, 5.41) is 16.8. The van der Waals surface area contributed by atoms with Crippen LogP contribution in [0, 0.1) is 17.8 Å². The number of benzene rings is 2. The van der Waals surface area contributed by atoms with E-state index in [0.717, 1.165) is 47.0 Å². The van der Waals surface area contributed by atoms with E-state index < -0.39 is 5.60 Å². The van der Waals surface area contributed by atoms with Crippen LogP contribution in [-0.4, -0.2) is 40.1 Å². The van der Waals surface area contributed by atoms with Crippen LogP contribution in [0.25, 0.3) is 0 Å². The van der Waals surface area contributed by atoms with Crippen molar-refractivity contribution in [3.05, 3.63) is 83.7 Å². The molecule has 4 fully saturated rings. The normalized spacial score (nSPS) is 28.1. The van der Waals surface area contributed by atoms with Crippen LogP contribution in [0.2, 0.25) is 0 Å².